The molecule has 0 fully saturated rings. The van der Waals surface area contributed by atoms with E-state index in [9.17, 15) is 19.1 Å². The van der Waals surface area contributed by atoms with Crippen molar-refractivity contribution in [3.05, 3.63) is 85.8 Å². The molecule has 0 aliphatic heterocycles. The predicted octanol–water partition coefficient (Wildman–Crippen LogP) is 2.77. The molecule has 1 aromatic heterocycles. The van der Waals surface area contributed by atoms with Crippen molar-refractivity contribution < 1.29 is 9.50 Å². The Balaban J connectivity index is 2.12. The van der Waals surface area contributed by atoms with Crippen LogP contribution in [-0.4, -0.2) is 20.9 Å². The Labute approximate surface area is 145 Å². The number of hydrogen-bond acceptors (Lipinski definition) is 4. The molecule has 3 aromatic rings. The molecule has 0 saturated carbocycles. The first-order valence-corrected chi connectivity index (χ1v) is 7.47. The number of H-pyrrole nitrogens is 1. The Kier molecular flexibility index (Phi) is 4.49. The first-order chi connectivity index (χ1) is 12.0. The highest BCUT2D eigenvalue weighted by molar-refractivity contribution is 6.30. The van der Waals surface area contributed by atoms with Gasteiger partial charge in [0.2, 0.25) is 5.88 Å². The van der Waals surface area contributed by atoms with Gasteiger partial charge in [-0.05, 0) is 42.5 Å². The van der Waals surface area contributed by atoms with Crippen molar-refractivity contribution in [2.45, 2.75) is 0 Å². The number of aliphatic imine (C=N–C) groups is 1. The highest BCUT2D eigenvalue weighted by atomic mass is 35.5. The van der Waals surface area contributed by atoms with Crippen LogP contribution in [0.3, 0.4) is 0 Å². The van der Waals surface area contributed by atoms with Crippen LogP contribution in [0.4, 0.5) is 10.1 Å². The number of rotatable bonds is 3. The van der Waals surface area contributed by atoms with Gasteiger partial charge in [-0.1, -0.05) is 17.7 Å². The molecule has 2 N–H and O–H groups in total. The molecular formula is C17H11ClFN3O3. The Hall–Kier alpha value is -3.19. The molecule has 0 spiro atoms. The fourth-order valence-electron chi connectivity index (χ4n) is 2.18. The minimum Gasteiger partial charge on any atom is -0.493 e. The summed E-state index contributed by atoms with van der Waals surface area (Å²) in [5.74, 6) is -1.10. The van der Waals surface area contributed by atoms with Gasteiger partial charge in [-0.3, -0.25) is 14.8 Å². The van der Waals surface area contributed by atoms with Crippen LogP contribution in [0.15, 0.2) is 63.1 Å². The van der Waals surface area contributed by atoms with Gasteiger partial charge in [0.1, 0.15) is 11.4 Å². The van der Waals surface area contributed by atoms with E-state index >= 15 is 0 Å². The van der Waals surface area contributed by atoms with E-state index in [2.05, 4.69) is 9.98 Å². The third-order valence-electron chi connectivity index (χ3n) is 3.36. The second-order valence-electron chi connectivity index (χ2n) is 5.05. The van der Waals surface area contributed by atoms with Crippen molar-refractivity contribution in [1.29, 1.82) is 0 Å². The highest BCUT2D eigenvalue weighted by Gasteiger charge is 2.14. The van der Waals surface area contributed by atoms with Gasteiger partial charge in [0.25, 0.3) is 5.56 Å². The van der Waals surface area contributed by atoms with Gasteiger partial charge < -0.3 is 5.11 Å². The molecule has 126 valence electrons. The predicted molar refractivity (Wildman–Crippen MR) is 93.0 cm³/mol. The number of nitrogens with zero attached hydrogens (tertiary/aromatic N) is 2. The molecule has 0 amide bonds. The van der Waals surface area contributed by atoms with Crippen molar-refractivity contribution in [3.8, 4) is 11.6 Å². The molecule has 3 rings (SSSR count). The van der Waals surface area contributed by atoms with Crippen LogP contribution in [0.5, 0.6) is 5.88 Å². The van der Waals surface area contributed by atoms with E-state index in [1.165, 1.54) is 12.1 Å². The lowest BCUT2D eigenvalue weighted by Crippen LogP contribution is -2.31. The zero-order valence-corrected chi connectivity index (χ0v) is 13.4. The number of aromatic amines is 1. The number of aromatic nitrogens is 2. The van der Waals surface area contributed by atoms with E-state index in [-0.39, 0.29) is 11.3 Å². The van der Waals surface area contributed by atoms with Crippen LogP contribution in [0.25, 0.3) is 5.69 Å². The third kappa shape index (κ3) is 3.51. The standard InChI is InChI=1S/C17H11ClFN3O3/c18-10-2-1-3-12(8-10)20-9-14-15(23)21-17(25)22(16(14)24)13-6-4-11(19)5-7-13/h1-9,24H,(H,21,23,25). The molecule has 8 heteroatoms. The maximum atomic E-state index is 13.0. The largest absolute Gasteiger partial charge is 0.493 e. The fraction of sp³-hybridized carbons (Fsp3) is 0. The van der Waals surface area contributed by atoms with E-state index in [4.69, 9.17) is 11.6 Å². The lowest BCUT2D eigenvalue weighted by molar-refractivity contribution is 0.430. The Morgan fingerprint density at radius 3 is 2.56 bits per heavy atom. The van der Waals surface area contributed by atoms with E-state index in [1.807, 2.05) is 0 Å². The maximum Gasteiger partial charge on any atom is 0.335 e. The zero-order chi connectivity index (χ0) is 18.0. The Morgan fingerprint density at radius 2 is 1.88 bits per heavy atom. The van der Waals surface area contributed by atoms with E-state index in [0.29, 0.717) is 10.7 Å². The summed E-state index contributed by atoms with van der Waals surface area (Å²) < 4.78 is 13.9. The number of halogens is 2. The van der Waals surface area contributed by atoms with Crippen molar-refractivity contribution in [2.75, 3.05) is 0 Å². The van der Waals surface area contributed by atoms with Gasteiger partial charge in [-0.25, -0.2) is 13.8 Å². The first kappa shape index (κ1) is 16.7. The first-order valence-electron chi connectivity index (χ1n) is 7.09. The Bertz CT molecular complexity index is 1070. The van der Waals surface area contributed by atoms with Crippen molar-refractivity contribution in [2.24, 2.45) is 4.99 Å². The molecule has 0 aliphatic carbocycles. The normalized spacial score (nSPS) is 11.1. The summed E-state index contributed by atoms with van der Waals surface area (Å²) >= 11 is 5.86. The molecule has 1 heterocycles. The average molecular weight is 360 g/mol. The molecule has 0 bridgehead atoms. The van der Waals surface area contributed by atoms with E-state index in [0.717, 1.165) is 22.9 Å². The Morgan fingerprint density at radius 1 is 1.16 bits per heavy atom. The van der Waals surface area contributed by atoms with Gasteiger partial charge in [0.05, 0.1) is 11.4 Å². The molecule has 6 nitrogen and oxygen atoms in total. The molecule has 0 unspecified atom stereocenters. The van der Waals surface area contributed by atoms with Gasteiger partial charge in [0.15, 0.2) is 0 Å². The van der Waals surface area contributed by atoms with Gasteiger partial charge in [-0.2, -0.15) is 0 Å². The maximum absolute atomic E-state index is 13.0. The number of hydrogen-bond donors (Lipinski definition) is 2. The molecule has 0 atom stereocenters. The number of nitrogens with one attached hydrogen (secondary N) is 1. The summed E-state index contributed by atoms with van der Waals surface area (Å²) in [6, 6.07) is 11.4. The summed E-state index contributed by atoms with van der Waals surface area (Å²) in [6.45, 7) is 0. The zero-order valence-electron chi connectivity index (χ0n) is 12.6. The quantitative estimate of drug-likeness (QED) is 0.705. The van der Waals surface area contributed by atoms with Crippen LogP contribution < -0.4 is 11.2 Å². The lowest BCUT2D eigenvalue weighted by atomic mass is 10.2. The molecule has 25 heavy (non-hydrogen) atoms. The van der Waals surface area contributed by atoms with E-state index < -0.39 is 22.9 Å². The van der Waals surface area contributed by atoms with Gasteiger partial charge in [-0.15, -0.1) is 0 Å². The summed E-state index contributed by atoms with van der Waals surface area (Å²) in [5, 5.41) is 10.8. The minimum atomic E-state index is -0.853. The molecular weight excluding hydrogens is 349 g/mol. The second-order valence-corrected chi connectivity index (χ2v) is 5.48. The molecule has 0 saturated heterocycles. The molecule has 0 radical (unpaired) electrons. The molecule has 2 aromatic carbocycles. The average Bonchev–Trinajstić information content (AvgIpc) is 2.56. The smallest absolute Gasteiger partial charge is 0.335 e. The van der Waals surface area contributed by atoms with Crippen LogP contribution >= 0.6 is 11.6 Å². The van der Waals surface area contributed by atoms with Crippen LogP contribution in [0.2, 0.25) is 5.02 Å². The van der Waals surface area contributed by atoms with Crippen LogP contribution in [0, 0.1) is 5.82 Å². The van der Waals surface area contributed by atoms with Gasteiger partial charge >= 0.3 is 5.69 Å². The monoisotopic (exact) mass is 359 g/mol. The van der Waals surface area contributed by atoms with Gasteiger partial charge in [0, 0.05) is 11.2 Å². The summed E-state index contributed by atoms with van der Waals surface area (Å²) in [7, 11) is 0. The summed E-state index contributed by atoms with van der Waals surface area (Å²) in [5.41, 5.74) is -1.21. The summed E-state index contributed by atoms with van der Waals surface area (Å²) in [4.78, 5) is 30.2. The topological polar surface area (TPSA) is 87.5 Å². The third-order valence-corrected chi connectivity index (χ3v) is 3.59. The SMILES string of the molecule is O=c1[nH]c(=O)n(-c2ccc(F)cc2)c(O)c1C=Nc1cccc(Cl)c1. The fourth-order valence-corrected chi connectivity index (χ4v) is 2.36. The van der Waals surface area contributed by atoms with Crippen LogP contribution in [-0.2, 0) is 0 Å². The van der Waals surface area contributed by atoms with Crippen molar-refractivity contribution in [3.63, 3.8) is 0 Å². The number of benzene rings is 2. The lowest BCUT2D eigenvalue weighted by Gasteiger charge is -2.09. The van der Waals surface area contributed by atoms with Crippen molar-refractivity contribution in [1.82, 2.24) is 9.55 Å². The second kappa shape index (κ2) is 6.74. The highest BCUT2D eigenvalue weighted by Crippen LogP contribution is 2.19. The number of aromatic hydroxyl groups is 1. The summed E-state index contributed by atoms with van der Waals surface area (Å²) in [6.07, 6.45) is 1.12. The minimum absolute atomic E-state index is 0.192. The van der Waals surface area contributed by atoms with Crippen LogP contribution in [0.1, 0.15) is 5.56 Å². The van der Waals surface area contributed by atoms with Crippen molar-refractivity contribution >= 4 is 23.5 Å². The van der Waals surface area contributed by atoms with E-state index in [1.54, 1.807) is 24.3 Å². The molecule has 0 aliphatic rings.